The first-order valence-corrected chi connectivity index (χ1v) is 8.79. The van der Waals surface area contributed by atoms with Gasteiger partial charge < -0.3 is 18.9 Å². The Morgan fingerprint density at radius 3 is 2.50 bits per heavy atom. The number of benzene rings is 1. The van der Waals surface area contributed by atoms with Crippen LogP contribution in [0.25, 0.3) is 0 Å². The number of amides is 1. The molecule has 7 nitrogen and oxygen atoms in total. The van der Waals surface area contributed by atoms with E-state index in [2.05, 4.69) is 14.9 Å². The summed E-state index contributed by atoms with van der Waals surface area (Å²) >= 11 is 0. The second-order valence-electron chi connectivity index (χ2n) is 6.89. The van der Waals surface area contributed by atoms with Crippen molar-refractivity contribution in [3.63, 3.8) is 0 Å². The third-order valence-electron chi connectivity index (χ3n) is 4.33. The van der Waals surface area contributed by atoms with Crippen molar-refractivity contribution in [2.45, 2.75) is 44.6 Å². The highest BCUT2D eigenvalue weighted by atomic mass is 19.4. The minimum atomic E-state index is -4.74. The first-order chi connectivity index (χ1) is 13.2. The summed E-state index contributed by atoms with van der Waals surface area (Å²) in [6.07, 6.45) is -3.50. The molecule has 1 aromatic carbocycles. The molecular formula is C18H20F3N3O4. The van der Waals surface area contributed by atoms with Crippen LogP contribution in [0.15, 0.2) is 28.8 Å². The molecule has 2 unspecified atom stereocenters. The Bertz CT molecular complexity index is 792. The fourth-order valence-electron chi connectivity index (χ4n) is 3.23. The first kappa shape index (κ1) is 20.0. The van der Waals surface area contributed by atoms with E-state index in [1.165, 1.54) is 12.1 Å². The number of piperidine rings is 1. The molecule has 1 fully saturated rings. The Kier molecular flexibility index (Phi) is 5.76. The van der Waals surface area contributed by atoms with E-state index in [0.717, 1.165) is 12.0 Å². The van der Waals surface area contributed by atoms with Gasteiger partial charge in [0.15, 0.2) is 0 Å². The second-order valence-corrected chi connectivity index (χ2v) is 6.89. The van der Waals surface area contributed by atoms with E-state index in [0.29, 0.717) is 25.4 Å². The average molecular weight is 399 g/mol. The number of ether oxygens (including phenoxy) is 2. The molecule has 0 saturated carbocycles. The lowest BCUT2D eigenvalue weighted by Crippen LogP contribution is -2.37. The molecule has 2 atom stereocenters. The van der Waals surface area contributed by atoms with Gasteiger partial charge in [-0.2, -0.15) is 4.98 Å². The zero-order chi connectivity index (χ0) is 20.3. The number of hydrogen-bond donors (Lipinski definition) is 0. The number of nitrogens with zero attached hydrogens (tertiary/aromatic N) is 3. The van der Waals surface area contributed by atoms with Gasteiger partial charge in [-0.3, -0.25) is 4.79 Å². The molecular weight excluding hydrogens is 379 g/mol. The van der Waals surface area contributed by atoms with E-state index in [4.69, 9.17) is 9.26 Å². The van der Waals surface area contributed by atoms with E-state index in [-0.39, 0.29) is 29.7 Å². The smallest absolute Gasteiger partial charge is 0.459 e. The predicted octanol–water partition coefficient (Wildman–Crippen LogP) is 3.48. The van der Waals surface area contributed by atoms with Crippen molar-refractivity contribution in [1.82, 2.24) is 15.0 Å². The zero-order valence-electron chi connectivity index (χ0n) is 15.3. The summed E-state index contributed by atoms with van der Waals surface area (Å²) in [6, 6.07) is 5.80. The van der Waals surface area contributed by atoms with E-state index in [9.17, 15) is 18.0 Å². The maximum atomic E-state index is 12.3. The normalized spacial score (nSPS) is 20.3. The predicted molar refractivity (Wildman–Crippen MR) is 90.9 cm³/mol. The minimum Gasteiger partial charge on any atom is -0.459 e. The van der Waals surface area contributed by atoms with E-state index >= 15 is 0 Å². The van der Waals surface area contributed by atoms with Crippen LogP contribution in [0.5, 0.6) is 11.8 Å². The van der Waals surface area contributed by atoms with Crippen molar-refractivity contribution in [3.05, 3.63) is 35.7 Å². The molecule has 0 spiro atoms. The summed E-state index contributed by atoms with van der Waals surface area (Å²) in [5, 5.41) is 3.79. The van der Waals surface area contributed by atoms with Crippen LogP contribution in [0.4, 0.5) is 13.2 Å². The van der Waals surface area contributed by atoms with Crippen LogP contribution in [0.2, 0.25) is 0 Å². The molecule has 0 bridgehead atoms. The van der Waals surface area contributed by atoms with Gasteiger partial charge in [0.2, 0.25) is 12.3 Å². The number of likely N-dealkylation sites (tertiary alicyclic amines) is 1. The zero-order valence-corrected chi connectivity index (χ0v) is 15.3. The molecule has 1 amide bonds. The van der Waals surface area contributed by atoms with Gasteiger partial charge in [-0.05, 0) is 43.1 Å². The highest BCUT2D eigenvalue weighted by Gasteiger charge is 2.33. The van der Waals surface area contributed by atoms with Gasteiger partial charge in [0, 0.05) is 19.0 Å². The highest BCUT2D eigenvalue weighted by Crippen LogP contribution is 2.36. The van der Waals surface area contributed by atoms with Crippen LogP contribution in [-0.4, -0.2) is 47.0 Å². The summed E-state index contributed by atoms with van der Waals surface area (Å²) in [4.78, 5) is 17.2. The number of aromatic nitrogens is 2. The van der Waals surface area contributed by atoms with Crippen LogP contribution < -0.4 is 9.47 Å². The molecule has 2 heterocycles. The van der Waals surface area contributed by atoms with Crippen molar-refractivity contribution in [1.29, 1.82) is 0 Å². The fraction of sp³-hybridized carbons (Fsp3) is 0.500. The molecule has 1 aromatic heterocycles. The summed E-state index contributed by atoms with van der Waals surface area (Å²) in [6.45, 7) is 4.54. The summed E-state index contributed by atoms with van der Waals surface area (Å²) in [5.74, 6) is -0.218. The molecule has 2 aromatic rings. The third-order valence-corrected chi connectivity index (χ3v) is 4.33. The maximum absolute atomic E-state index is 12.3. The number of carbonyl (C=O) groups is 1. The van der Waals surface area contributed by atoms with Gasteiger partial charge >= 0.3 is 12.4 Å². The number of alkyl halides is 3. The molecule has 0 aliphatic carbocycles. The molecule has 28 heavy (non-hydrogen) atoms. The lowest BCUT2D eigenvalue weighted by atomic mass is 9.84. The average Bonchev–Trinajstić information content (AvgIpc) is 3.08. The van der Waals surface area contributed by atoms with Gasteiger partial charge in [-0.25, -0.2) is 0 Å². The molecule has 0 radical (unpaired) electrons. The Morgan fingerprint density at radius 1 is 1.21 bits per heavy atom. The monoisotopic (exact) mass is 399 g/mol. The Labute approximate surface area is 159 Å². The quantitative estimate of drug-likeness (QED) is 0.692. The summed E-state index contributed by atoms with van der Waals surface area (Å²) < 4.78 is 51.5. The van der Waals surface area contributed by atoms with Crippen LogP contribution in [0, 0.1) is 0 Å². The van der Waals surface area contributed by atoms with Crippen LogP contribution >= 0.6 is 0 Å². The van der Waals surface area contributed by atoms with Crippen LogP contribution in [0.3, 0.4) is 0 Å². The standard InChI is InChI=1S/C18H20F3N3O4/c1-11(2)26-17-22-16(28-23-17)14-7-13(8-24(9-14)10-25)12-3-5-15(6-4-12)27-18(19,20)21/h3-6,10-11,13-14H,7-9H2,1-2H3. The Morgan fingerprint density at radius 2 is 1.89 bits per heavy atom. The van der Waals surface area contributed by atoms with Crippen molar-refractivity contribution in [3.8, 4) is 11.8 Å². The Balaban J connectivity index is 1.74. The molecule has 0 N–H and O–H groups in total. The van der Waals surface area contributed by atoms with E-state index in [1.807, 2.05) is 13.8 Å². The lowest BCUT2D eigenvalue weighted by Gasteiger charge is -2.34. The van der Waals surface area contributed by atoms with Gasteiger partial charge in [-0.15, -0.1) is 13.2 Å². The maximum Gasteiger partial charge on any atom is 0.573 e. The SMILES string of the molecule is CC(C)Oc1noc(C2CC(c3ccc(OC(F)(F)F)cc3)CN(C=O)C2)n1. The van der Waals surface area contributed by atoms with Crippen LogP contribution in [0.1, 0.15) is 43.6 Å². The van der Waals surface area contributed by atoms with Gasteiger partial charge in [0.25, 0.3) is 0 Å². The van der Waals surface area contributed by atoms with Gasteiger partial charge in [0.1, 0.15) is 5.75 Å². The summed E-state index contributed by atoms with van der Waals surface area (Å²) in [7, 11) is 0. The van der Waals surface area contributed by atoms with E-state index < -0.39 is 6.36 Å². The molecule has 1 aliphatic heterocycles. The minimum absolute atomic E-state index is 0.0924. The molecule has 10 heteroatoms. The van der Waals surface area contributed by atoms with Gasteiger partial charge in [0.05, 0.1) is 12.0 Å². The largest absolute Gasteiger partial charge is 0.573 e. The third kappa shape index (κ3) is 5.14. The van der Waals surface area contributed by atoms with Crippen molar-refractivity contribution >= 4 is 6.41 Å². The number of halogens is 3. The van der Waals surface area contributed by atoms with E-state index in [1.54, 1.807) is 17.0 Å². The fourth-order valence-corrected chi connectivity index (χ4v) is 3.23. The van der Waals surface area contributed by atoms with Crippen molar-refractivity contribution < 1.29 is 32.0 Å². The highest BCUT2D eigenvalue weighted by molar-refractivity contribution is 5.48. The Hall–Kier alpha value is -2.78. The van der Waals surface area contributed by atoms with Gasteiger partial charge in [-0.1, -0.05) is 12.1 Å². The summed E-state index contributed by atoms with van der Waals surface area (Å²) in [5.41, 5.74) is 0.796. The topological polar surface area (TPSA) is 77.7 Å². The van der Waals surface area contributed by atoms with Crippen molar-refractivity contribution in [2.24, 2.45) is 0 Å². The molecule has 1 aliphatic rings. The number of carbonyl (C=O) groups excluding carboxylic acids is 1. The molecule has 1 saturated heterocycles. The lowest BCUT2D eigenvalue weighted by molar-refractivity contribution is -0.274. The first-order valence-electron chi connectivity index (χ1n) is 8.79. The molecule has 3 rings (SSSR count). The van der Waals surface area contributed by atoms with Crippen LogP contribution in [-0.2, 0) is 4.79 Å². The number of hydrogen-bond acceptors (Lipinski definition) is 6. The number of rotatable bonds is 6. The molecule has 152 valence electrons. The second kappa shape index (κ2) is 8.07. The van der Waals surface area contributed by atoms with Crippen molar-refractivity contribution in [2.75, 3.05) is 13.1 Å².